The summed E-state index contributed by atoms with van der Waals surface area (Å²) in [7, 11) is 0. The van der Waals surface area contributed by atoms with Crippen LogP contribution < -0.4 is 10.6 Å². The molecule has 2 N–H and O–H groups in total. The number of nitrogens with zero attached hydrogens (tertiary/aromatic N) is 2. The molecule has 3 rings (SSSR count). The predicted octanol–water partition coefficient (Wildman–Crippen LogP) is 2.67. The van der Waals surface area contributed by atoms with Gasteiger partial charge in [0.15, 0.2) is 4.34 Å². The Morgan fingerprint density at radius 3 is 3.00 bits per heavy atom. The Hall–Kier alpha value is -1.64. The van der Waals surface area contributed by atoms with Crippen LogP contribution in [0.5, 0.6) is 0 Å². The monoisotopic (exact) mass is 350 g/mol. The van der Waals surface area contributed by atoms with E-state index in [0.29, 0.717) is 12.3 Å². The predicted molar refractivity (Wildman–Crippen MR) is 92.3 cm³/mol. The van der Waals surface area contributed by atoms with Crippen molar-refractivity contribution in [2.24, 2.45) is 0 Å². The first kappa shape index (κ1) is 16.2. The summed E-state index contributed by atoms with van der Waals surface area (Å²) in [6.45, 7) is 1.40. The average Bonchev–Trinajstić information content (AvgIpc) is 3.24. The van der Waals surface area contributed by atoms with Crippen LogP contribution in [0.1, 0.15) is 12.8 Å². The van der Waals surface area contributed by atoms with Crippen LogP contribution in [0.15, 0.2) is 34.7 Å². The number of hydrogen-bond donors (Lipinski definition) is 2. The lowest BCUT2D eigenvalue weighted by atomic mass is 10.2. The number of nitrogens with one attached hydrogen (secondary N) is 2. The van der Waals surface area contributed by atoms with Gasteiger partial charge < -0.3 is 15.4 Å². The maximum Gasteiger partial charge on any atom is 0.230 e. The largest absolute Gasteiger partial charge is 0.376 e. The Kier molecular flexibility index (Phi) is 5.84. The number of benzene rings is 1. The molecule has 0 unspecified atom stereocenters. The number of ether oxygens (including phenoxy) is 1. The third-order valence-electron chi connectivity index (χ3n) is 3.31. The Labute approximate surface area is 143 Å². The standard InChI is InChI=1S/C15H18N4O2S2/c20-13(16-9-12-7-4-8-21-12)10-22-15-19-18-14(23-15)17-11-5-2-1-3-6-11/h1-3,5-6,12H,4,7-10H2,(H,16,20)(H,17,18)/t12-/m1/s1. The summed E-state index contributed by atoms with van der Waals surface area (Å²) in [4.78, 5) is 11.8. The number of para-hydroxylation sites is 1. The van der Waals surface area contributed by atoms with E-state index >= 15 is 0 Å². The van der Waals surface area contributed by atoms with Gasteiger partial charge in [-0.2, -0.15) is 0 Å². The molecule has 0 radical (unpaired) electrons. The van der Waals surface area contributed by atoms with Gasteiger partial charge in [0.1, 0.15) is 0 Å². The molecule has 1 atom stereocenters. The van der Waals surface area contributed by atoms with E-state index in [0.717, 1.165) is 34.6 Å². The van der Waals surface area contributed by atoms with Crippen LogP contribution in [0.2, 0.25) is 0 Å². The van der Waals surface area contributed by atoms with E-state index < -0.39 is 0 Å². The molecule has 1 fully saturated rings. The van der Waals surface area contributed by atoms with Gasteiger partial charge in [-0.15, -0.1) is 10.2 Å². The van der Waals surface area contributed by atoms with Gasteiger partial charge in [0.2, 0.25) is 11.0 Å². The molecule has 23 heavy (non-hydrogen) atoms. The third kappa shape index (κ3) is 5.19. The maximum absolute atomic E-state index is 11.8. The van der Waals surface area contributed by atoms with Gasteiger partial charge in [-0.3, -0.25) is 4.79 Å². The Morgan fingerprint density at radius 1 is 1.35 bits per heavy atom. The third-order valence-corrected chi connectivity index (χ3v) is 5.28. The highest BCUT2D eigenvalue weighted by atomic mass is 32.2. The minimum Gasteiger partial charge on any atom is -0.376 e. The number of carbonyl (C=O) groups excluding carboxylic acids is 1. The van der Waals surface area contributed by atoms with Gasteiger partial charge in [-0.25, -0.2) is 0 Å². The quantitative estimate of drug-likeness (QED) is 0.748. The first-order valence-electron chi connectivity index (χ1n) is 7.46. The van der Waals surface area contributed by atoms with E-state index in [4.69, 9.17) is 4.74 Å². The summed E-state index contributed by atoms with van der Waals surface area (Å²) in [6.07, 6.45) is 2.28. The van der Waals surface area contributed by atoms with Crippen molar-refractivity contribution in [1.29, 1.82) is 0 Å². The van der Waals surface area contributed by atoms with Crippen LogP contribution in [-0.2, 0) is 9.53 Å². The molecule has 6 nitrogen and oxygen atoms in total. The van der Waals surface area contributed by atoms with Crippen LogP contribution >= 0.6 is 23.1 Å². The number of aromatic nitrogens is 2. The van der Waals surface area contributed by atoms with Crippen LogP contribution in [0.4, 0.5) is 10.8 Å². The van der Waals surface area contributed by atoms with Crippen molar-refractivity contribution in [3.8, 4) is 0 Å². The smallest absolute Gasteiger partial charge is 0.230 e. The Balaban J connectivity index is 1.41. The molecule has 2 heterocycles. The fourth-order valence-corrected chi connectivity index (χ4v) is 3.78. The molecule has 1 aliphatic rings. The zero-order valence-electron chi connectivity index (χ0n) is 12.5. The SMILES string of the molecule is O=C(CSc1nnc(Nc2ccccc2)s1)NC[C@H]1CCCO1. The molecular formula is C15H18N4O2S2. The van der Waals surface area contributed by atoms with Crippen molar-refractivity contribution in [1.82, 2.24) is 15.5 Å². The van der Waals surface area contributed by atoms with E-state index in [1.54, 1.807) is 0 Å². The van der Waals surface area contributed by atoms with Crippen molar-refractivity contribution in [3.05, 3.63) is 30.3 Å². The Morgan fingerprint density at radius 2 is 2.22 bits per heavy atom. The first-order valence-corrected chi connectivity index (χ1v) is 9.26. The molecule has 1 amide bonds. The summed E-state index contributed by atoms with van der Waals surface area (Å²) in [6, 6.07) is 9.80. The number of anilines is 2. The molecule has 8 heteroatoms. The number of rotatable bonds is 7. The minimum absolute atomic E-state index is 0.00160. The van der Waals surface area contributed by atoms with E-state index in [-0.39, 0.29) is 12.0 Å². The molecule has 122 valence electrons. The highest BCUT2D eigenvalue weighted by Crippen LogP contribution is 2.27. The van der Waals surface area contributed by atoms with Crippen molar-refractivity contribution < 1.29 is 9.53 Å². The zero-order valence-corrected chi connectivity index (χ0v) is 14.2. The van der Waals surface area contributed by atoms with E-state index in [1.165, 1.54) is 23.1 Å². The van der Waals surface area contributed by atoms with Gasteiger partial charge >= 0.3 is 0 Å². The van der Waals surface area contributed by atoms with E-state index in [2.05, 4.69) is 20.8 Å². The van der Waals surface area contributed by atoms with Gasteiger partial charge in [-0.05, 0) is 25.0 Å². The molecule has 0 aliphatic carbocycles. The summed E-state index contributed by atoms with van der Waals surface area (Å²) in [5.41, 5.74) is 0.967. The lowest BCUT2D eigenvalue weighted by Gasteiger charge is -2.09. The number of carbonyl (C=O) groups is 1. The highest BCUT2D eigenvalue weighted by Gasteiger charge is 2.16. The number of hydrogen-bond acceptors (Lipinski definition) is 7. The first-order chi connectivity index (χ1) is 11.3. The van der Waals surface area contributed by atoms with Crippen molar-refractivity contribution in [3.63, 3.8) is 0 Å². The lowest BCUT2D eigenvalue weighted by molar-refractivity contribution is -0.119. The topological polar surface area (TPSA) is 76.1 Å². The fraction of sp³-hybridized carbons (Fsp3) is 0.400. The summed E-state index contributed by atoms with van der Waals surface area (Å²) in [5, 5.41) is 15.0. The van der Waals surface area contributed by atoms with E-state index in [9.17, 15) is 4.79 Å². The number of thioether (sulfide) groups is 1. The van der Waals surface area contributed by atoms with Gasteiger partial charge in [-0.1, -0.05) is 41.3 Å². The number of amides is 1. The normalized spacial score (nSPS) is 17.1. The van der Waals surface area contributed by atoms with Crippen molar-refractivity contribution >= 4 is 39.8 Å². The van der Waals surface area contributed by atoms with Crippen LogP contribution in [0.3, 0.4) is 0 Å². The molecule has 0 bridgehead atoms. The molecule has 1 saturated heterocycles. The molecule has 0 saturated carbocycles. The van der Waals surface area contributed by atoms with Gasteiger partial charge in [0.25, 0.3) is 0 Å². The van der Waals surface area contributed by atoms with Crippen LogP contribution in [0.25, 0.3) is 0 Å². The molecule has 1 aromatic carbocycles. The fourth-order valence-electron chi connectivity index (χ4n) is 2.17. The highest BCUT2D eigenvalue weighted by molar-refractivity contribution is 8.01. The summed E-state index contributed by atoms with van der Waals surface area (Å²) >= 11 is 2.83. The second-order valence-electron chi connectivity index (χ2n) is 5.09. The molecular weight excluding hydrogens is 332 g/mol. The molecule has 2 aromatic rings. The second kappa shape index (κ2) is 8.28. The van der Waals surface area contributed by atoms with Crippen LogP contribution in [-0.4, -0.2) is 41.1 Å². The van der Waals surface area contributed by atoms with Crippen LogP contribution in [0, 0.1) is 0 Å². The van der Waals surface area contributed by atoms with Crippen molar-refractivity contribution in [2.75, 3.05) is 24.2 Å². The average molecular weight is 350 g/mol. The lowest BCUT2D eigenvalue weighted by Crippen LogP contribution is -2.32. The maximum atomic E-state index is 11.8. The summed E-state index contributed by atoms with van der Waals surface area (Å²) < 4.78 is 6.25. The zero-order chi connectivity index (χ0) is 15.9. The Bertz CT molecular complexity index is 629. The molecule has 0 spiro atoms. The van der Waals surface area contributed by atoms with E-state index in [1.807, 2.05) is 30.3 Å². The molecule has 1 aliphatic heterocycles. The van der Waals surface area contributed by atoms with Crippen molar-refractivity contribution in [2.45, 2.75) is 23.3 Å². The minimum atomic E-state index is -0.00160. The molecule has 1 aromatic heterocycles. The summed E-state index contributed by atoms with van der Waals surface area (Å²) in [5.74, 6) is 0.338. The van der Waals surface area contributed by atoms with Gasteiger partial charge in [0, 0.05) is 18.8 Å². The second-order valence-corrected chi connectivity index (χ2v) is 7.29. The van der Waals surface area contributed by atoms with Gasteiger partial charge in [0.05, 0.1) is 11.9 Å².